The summed E-state index contributed by atoms with van der Waals surface area (Å²) < 4.78 is 80.2. The number of piperazine rings is 1. The molecule has 17 heteroatoms. The Hall–Kier alpha value is -5.39. The number of halogens is 4. The van der Waals surface area contributed by atoms with Crippen molar-refractivity contribution in [1.29, 1.82) is 0 Å². The van der Waals surface area contributed by atoms with E-state index in [1.54, 1.807) is 6.07 Å². The van der Waals surface area contributed by atoms with Crippen molar-refractivity contribution in [2.75, 3.05) is 74.6 Å². The predicted octanol–water partition coefficient (Wildman–Crippen LogP) is 9.40. The molecule has 6 aromatic rings. The fraction of sp³-hybridized carbons (Fsp3) is 0.283. The van der Waals surface area contributed by atoms with Gasteiger partial charge in [-0.1, -0.05) is 66.2 Å². The van der Waals surface area contributed by atoms with Crippen molar-refractivity contribution in [1.82, 2.24) is 19.8 Å². The fourth-order valence-corrected chi connectivity index (χ4v) is 9.73. The third kappa shape index (κ3) is 11.4. The highest BCUT2D eigenvalue weighted by Gasteiger charge is 2.39. The molecule has 330 valence electrons. The van der Waals surface area contributed by atoms with Crippen molar-refractivity contribution in [3.63, 3.8) is 0 Å². The van der Waals surface area contributed by atoms with E-state index in [9.17, 15) is 26.4 Å². The van der Waals surface area contributed by atoms with Crippen LogP contribution in [0.1, 0.15) is 27.9 Å². The first-order valence-electron chi connectivity index (χ1n) is 20.2. The molecule has 1 aromatic heterocycles. The van der Waals surface area contributed by atoms with Gasteiger partial charge in [-0.15, -0.1) is 11.8 Å². The molecule has 5 aromatic carbocycles. The summed E-state index contributed by atoms with van der Waals surface area (Å²) in [6.07, 6.45) is -3.45. The summed E-state index contributed by atoms with van der Waals surface area (Å²) in [6, 6.07) is 31.8. The van der Waals surface area contributed by atoms with Gasteiger partial charge in [-0.25, -0.2) is 23.2 Å². The van der Waals surface area contributed by atoms with Gasteiger partial charge in [-0.05, 0) is 98.3 Å². The highest BCUT2D eigenvalue weighted by Crippen LogP contribution is 2.40. The summed E-state index contributed by atoms with van der Waals surface area (Å²) in [6.45, 7) is 4.24. The molecule has 0 aliphatic carbocycles. The number of carbonyl (C=O) groups is 1. The predicted molar refractivity (Wildman–Crippen MR) is 245 cm³/mol. The Morgan fingerprint density at radius 3 is 2.32 bits per heavy atom. The van der Waals surface area contributed by atoms with Crippen LogP contribution in [0.2, 0.25) is 5.02 Å². The zero-order valence-electron chi connectivity index (χ0n) is 34.9. The van der Waals surface area contributed by atoms with Gasteiger partial charge in [-0.2, -0.15) is 13.2 Å². The number of benzene rings is 5. The minimum absolute atomic E-state index is 0.135. The lowest BCUT2D eigenvalue weighted by Gasteiger charge is -2.36. The number of methoxy groups -OCH3 is 1. The number of ether oxygens (including phenoxy) is 1. The maximum absolute atomic E-state index is 15.0. The second-order valence-electron chi connectivity index (χ2n) is 15.4. The van der Waals surface area contributed by atoms with Gasteiger partial charge in [0.25, 0.3) is 10.0 Å². The molecule has 1 unspecified atom stereocenters. The molecular weight excluding hydrogens is 871 g/mol. The number of hydrogen-bond acceptors (Lipinski definition) is 11. The van der Waals surface area contributed by atoms with E-state index < -0.39 is 49.9 Å². The zero-order valence-corrected chi connectivity index (χ0v) is 37.3. The molecule has 0 bridgehead atoms. The topological polar surface area (TPSA) is 120 Å². The monoisotopic (exact) mass is 917 g/mol. The first-order chi connectivity index (χ1) is 30.2. The van der Waals surface area contributed by atoms with Crippen LogP contribution in [0.25, 0.3) is 22.0 Å². The number of carbonyl (C=O) groups excluding carboxylic acids is 1. The first-order valence-corrected chi connectivity index (χ1v) is 23.0. The van der Waals surface area contributed by atoms with Crippen LogP contribution in [0.5, 0.6) is 0 Å². The van der Waals surface area contributed by atoms with E-state index in [0.717, 1.165) is 60.1 Å². The molecule has 0 saturated carbocycles. The van der Waals surface area contributed by atoms with E-state index in [4.69, 9.17) is 16.3 Å². The number of nitrogens with zero attached hydrogens (tertiary/aromatic N) is 5. The van der Waals surface area contributed by atoms with Crippen LogP contribution in [-0.4, -0.2) is 99.9 Å². The molecule has 1 fully saturated rings. The van der Waals surface area contributed by atoms with Crippen molar-refractivity contribution in [2.45, 2.75) is 35.0 Å². The largest absolute Gasteiger partial charge is 0.465 e. The summed E-state index contributed by atoms with van der Waals surface area (Å²) in [4.78, 5) is 28.4. The van der Waals surface area contributed by atoms with Crippen molar-refractivity contribution in [2.24, 2.45) is 0 Å². The van der Waals surface area contributed by atoms with Crippen LogP contribution in [0.15, 0.2) is 125 Å². The number of anilines is 3. The summed E-state index contributed by atoms with van der Waals surface area (Å²) in [7, 11) is -0.0370. The van der Waals surface area contributed by atoms with Crippen molar-refractivity contribution < 1.29 is 31.1 Å². The van der Waals surface area contributed by atoms with Gasteiger partial charge in [0.2, 0.25) is 0 Å². The van der Waals surface area contributed by atoms with E-state index in [2.05, 4.69) is 48.0 Å². The Labute approximate surface area is 374 Å². The molecule has 2 heterocycles. The molecule has 63 heavy (non-hydrogen) atoms. The zero-order chi connectivity index (χ0) is 44.7. The van der Waals surface area contributed by atoms with Gasteiger partial charge in [0.1, 0.15) is 6.33 Å². The van der Waals surface area contributed by atoms with Crippen molar-refractivity contribution >= 4 is 67.5 Å². The average molecular weight is 919 g/mol. The lowest BCUT2D eigenvalue weighted by atomic mass is 9.99. The van der Waals surface area contributed by atoms with Gasteiger partial charge in [0, 0.05) is 65.5 Å². The van der Waals surface area contributed by atoms with Gasteiger partial charge in [0.05, 0.1) is 34.3 Å². The van der Waals surface area contributed by atoms with Crippen molar-refractivity contribution in [3.8, 4) is 11.1 Å². The van der Waals surface area contributed by atoms with E-state index in [1.807, 2.05) is 91.8 Å². The van der Waals surface area contributed by atoms with Crippen LogP contribution in [0, 0.1) is 0 Å². The molecule has 2 N–H and O–H groups in total. The summed E-state index contributed by atoms with van der Waals surface area (Å²) in [5, 5.41) is 3.97. The molecule has 1 aliphatic rings. The van der Waals surface area contributed by atoms with Gasteiger partial charge in [-0.3, -0.25) is 9.62 Å². The van der Waals surface area contributed by atoms with E-state index >= 15 is 0 Å². The van der Waals surface area contributed by atoms with E-state index in [0.29, 0.717) is 53.8 Å². The van der Waals surface area contributed by atoms with E-state index in [-0.39, 0.29) is 5.82 Å². The highest BCUT2D eigenvalue weighted by atomic mass is 35.5. The summed E-state index contributed by atoms with van der Waals surface area (Å²) in [5.74, 6) is -0.913. The maximum atomic E-state index is 15.0. The van der Waals surface area contributed by atoms with Crippen LogP contribution < -0.4 is 14.9 Å². The molecule has 1 atom stereocenters. The number of fused-ring (bicyclic) bond motifs is 1. The maximum Gasteiger partial charge on any atom is 0.418 e. The first kappa shape index (κ1) is 45.6. The number of alkyl halides is 3. The third-order valence-corrected chi connectivity index (χ3v) is 13.5. The number of hydrogen-bond donors (Lipinski definition) is 2. The summed E-state index contributed by atoms with van der Waals surface area (Å²) in [5.41, 5.74) is 2.23. The number of rotatable bonds is 16. The second kappa shape index (κ2) is 20.0. The second-order valence-corrected chi connectivity index (χ2v) is 18.6. The fourth-order valence-electron chi connectivity index (χ4n) is 7.46. The Kier molecular flexibility index (Phi) is 14.5. The minimum atomic E-state index is -5.06. The van der Waals surface area contributed by atoms with Gasteiger partial charge in [0.15, 0.2) is 5.82 Å². The molecule has 0 amide bonds. The van der Waals surface area contributed by atoms with Gasteiger partial charge >= 0.3 is 12.1 Å². The number of thioether (sulfide) groups is 1. The minimum Gasteiger partial charge on any atom is -0.465 e. The number of aromatic nitrogens is 2. The number of sulfonamides is 1. The number of esters is 1. The smallest absolute Gasteiger partial charge is 0.418 e. The molecular formula is C46H47ClF3N7O4S2. The normalized spacial score (nSPS) is 14.2. The molecule has 11 nitrogen and oxygen atoms in total. The lowest BCUT2D eigenvalue weighted by molar-refractivity contribution is -0.137. The SMILES string of the molecule is COC(=O)c1cc(S(=O)(=O)Nc2ncnc3cc(N4CCN(Cc5cc(Cl)ccc5-c5ccccc5)CC4)ccc23)cc(C(F)(F)F)c1NC(CCN(C)C)CSc1ccccc1. The molecule has 1 aliphatic heterocycles. The lowest BCUT2D eigenvalue weighted by Crippen LogP contribution is -2.46. The third-order valence-electron chi connectivity index (χ3n) is 10.7. The average Bonchev–Trinajstić information content (AvgIpc) is 3.27. The molecule has 1 saturated heterocycles. The summed E-state index contributed by atoms with van der Waals surface area (Å²) >= 11 is 7.87. The quantitative estimate of drug-likeness (QED) is 0.0714. The molecule has 0 radical (unpaired) electrons. The van der Waals surface area contributed by atoms with Crippen LogP contribution in [-0.2, 0) is 27.5 Å². The Bertz CT molecular complexity index is 2650. The van der Waals surface area contributed by atoms with Crippen LogP contribution >= 0.6 is 23.4 Å². The van der Waals surface area contributed by atoms with Crippen molar-refractivity contribution in [3.05, 3.63) is 137 Å². The Balaban J connectivity index is 1.11. The molecule has 7 rings (SSSR count). The van der Waals surface area contributed by atoms with Crippen LogP contribution in [0.4, 0.5) is 30.4 Å². The highest BCUT2D eigenvalue weighted by molar-refractivity contribution is 7.99. The Morgan fingerprint density at radius 2 is 1.63 bits per heavy atom. The van der Waals surface area contributed by atoms with Crippen LogP contribution in [0.3, 0.4) is 0 Å². The van der Waals surface area contributed by atoms with Gasteiger partial charge < -0.3 is 19.9 Å². The Morgan fingerprint density at radius 1 is 0.921 bits per heavy atom. The molecule has 0 spiro atoms. The van der Waals surface area contributed by atoms with E-state index in [1.165, 1.54) is 18.1 Å². The number of nitrogens with one attached hydrogen (secondary N) is 2. The standard InChI is InChI=1S/C46H47ClF3N7O4S2/c1-55(2)19-18-34(29-62-36-12-8-5-9-13-36)53-43-40(45(58)61-3)26-37(27-41(43)46(48,49)50)63(59,60)54-44-39-17-15-35(25-42(39)51-30-52-44)57-22-20-56(21-23-57)28-32-24-33(47)14-16-38(32)31-10-6-4-7-11-31/h4-17,24-27,30,34,53H,18-23,28-29H2,1-3H3,(H,51,52,54).